The van der Waals surface area contributed by atoms with E-state index in [2.05, 4.69) is 10.1 Å². The number of hydrogen-bond donors (Lipinski definition) is 1. The standard InChI is InChI=1S/C23H19Cl3N2O5S/c1-14-3-7-17(8-4-14)34(31,32)28(21-11-15(24)5-9-20(21)26)13-22(29)27-16-6-10-19(25)18(12-16)23(30)33-2/h3-12H,13H2,1-2H3,(H,27,29). The van der Waals surface area contributed by atoms with Crippen molar-refractivity contribution in [3.05, 3.63) is 86.9 Å². The largest absolute Gasteiger partial charge is 0.465 e. The Bertz CT molecular complexity index is 1350. The average molecular weight is 542 g/mol. The molecule has 3 rings (SSSR count). The molecule has 0 aliphatic rings. The second kappa shape index (κ2) is 10.7. The number of benzene rings is 3. The molecule has 0 radical (unpaired) electrons. The lowest BCUT2D eigenvalue weighted by molar-refractivity contribution is -0.114. The van der Waals surface area contributed by atoms with Crippen molar-refractivity contribution < 1.29 is 22.7 Å². The van der Waals surface area contributed by atoms with Gasteiger partial charge < -0.3 is 10.1 Å². The third-order valence-corrected chi connectivity index (χ3v) is 7.39. The van der Waals surface area contributed by atoms with Gasteiger partial charge in [-0.15, -0.1) is 0 Å². The summed E-state index contributed by atoms with van der Waals surface area (Å²) < 4.78 is 32.5. The Morgan fingerprint density at radius 1 is 0.941 bits per heavy atom. The number of aryl methyl sites for hydroxylation is 1. The fourth-order valence-corrected chi connectivity index (χ4v) is 5.08. The maximum Gasteiger partial charge on any atom is 0.339 e. The van der Waals surface area contributed by atoms with Gasteiger partial charge in [0.1, 0.15) is 6.54 Å². The topological polar surface area (TPSA) is 92.8 Å². The van der Waals surface area contributed by atoms with Crippen molar-refractivity contribution in [3.8, 4) is 0 Å². The molecule has 0 bridgehead atoms. The number of sulfonamides is 1. The van der Waals surface area contributed by atoms with E-state index in [0.29, 0.717) is 0 Å². The number of nitrogens with one attached hydrogen (secondary N) is 1. The molecule has 0 aliphatic heterocycles. The van der Waals surface area contributed by atoms with Crippen LogP contribution >= 0.6 is 34.8 Å². The lowest BCUT2D eigenvalue weighted by Gasteiger charge is -2.25. The maximum absolute atomic E-state index is 13.5. The summed E-state index contributed by atoms with van der Waals surface area (Å²) in [6.07, 6.45) is 0. The van der Waals surface area contributed by atoms with Gasteiger partial charge in [-0.2, -0.15) is 0 Å². The van der Waals surface area contributed by atoms with Crippen LogP contribution in [0.15, 0.2) is 65.6 Å². The number of halogens is 3. The third kappa shape index (κ3) is 5.82. The number of rotatable bonds is 7. The number of methoxy groups -OCH3 is 1. The van der Waals surface area contributed by atoms with E-state index in [1.54, 1.807) is 12.1 Å². The summed E-state index contributed by atoms with van der Waals surface area (Å²) in [4.78, 5) is 24.8. The number of nitrogens with zero attached hydrogens (tertiary/aromatic N) is 1. The molecule has 34 heavy (non-hydrogen) atoms. The van der Waals surface area contributed by atoms with Crippen LogP contribution in [-0.2, 0) is 19.6 Å². The predicted octanol–water partition coefficient (Wildman–Crippen LogP) is 5.58. The second-order valence-corrected chi connectivity index (χ2v) is 10.3. The van der Waals surface area contributed by atoms with E-state index in [1.807, 2.05) is 6.92 Å². The van der Waals surface area contributed by atoms with Gasteiger partial charge in [-0.05, 0) is 55.5 Å². The molecule has 0 saturated carbocycles. The van der Waals surface area contributed by atoms with Crippen molar-refractivity contribution in [1.29, 1.82) is 0 Å². The molecule has 0 unspecified atom stereocenters. The van der Waals surface area contributed by atoms with E-state index < -0.39 is 28.4 Å². The van der Waals surface area contributed by atoms with Crippen LogP contribution in [0.1, 0.15) is 15.9 Å². The van der Waals surface area contributed by atoms with E-state index in [-0.39, 0.29) is 36.9 Å². The first-order valence-corrected chi connectivity index (χ1v) is 12.3. The molecule has 7 nitrogen and oxygen atoms in total. The fourth-order valence-electron chi connectivity index (χ4n) is 3.01. The first kappa shape index (κ1) is 25.8. The predicted molar refractivity (Wildman–Crippen MR) is 134 cm³/mol. The minimum atomic E-state index is -4.20. The number of hydrogen-bond acceptors (Lipinski definition) is 5. The molecule has 0 atom stereocenters. The van der Waals surface area contributed by atoms with E-state index in [9.17, 15) is 18.0 Å². The summed E-state index contributed by atoms with van der Waals surface area (Å²) in [5.74, 6) is -1.37. The molecule has 0 aliphatic carbocycles. The van der Waals surface area contributed by atoms with Crippen molar-refractivity contribution in [3.63, 3.8) is 0 Å². The van der Waals surface area contributed by atoms with Crippen LogP contribution in [0, 0.1) is 6.92 Å². The fraction of sp³-hybridized carbons (Fsp3) is 0.130. The van der Waals surface area contributed by atoms with Crippen molar-refractivity contribution in [2.45, 2.75) is 11.8 Å². The highest BCUT2D eigenvalue weighted by molar-refractivity contribution is 7.92. The van der Waals surface area contributed by atoms with Crippen LogP contribution in [0.2, 0.25) is 15.1 Å². The molecular weight excluding hydrogens is 523 g/mol. The monoisotopic (exact) mass is 540 g/mol. The Hall–Kier alpha value is -2.78. The molecule has 1 amide bonds. The summed E-state index contributed by atoms with van der Waals surface area (Å²) in [6, 6.07) is 14.7. The second-order valence-electron chi connectivity index (χ2n) is 7.15. The van der Waals surface area contributed by atoms with Crippen molar-refractivity contribution in [2.75, 3.05) is 23.3 Å². The Labute approximate surface area is 212 Å². The van der Waals surface area contributed by atoms with Crippen LogP contribution < -0.4 is 9.62 Å². The summed E-state index contributed by atoms with van der Waals surface area (Å²) in [5.41, 5.74) is 1.17. The smallest absolute Gasteiger partial charge is 0.339 e. The molecule has 178 valence electrons. The molecule has 11 heteroatoms. The van der Waals surface area contributed by atoms with Gasteiger partial charge in [-0.25, -0.2) is 13.2 Å². The van der Waals surface area contributed by atoms with Gasteiger partial charge in [-0.3, -0.25) is 9.10 Å². The third-order valence-electron chi connectivity index (χ3n) is 4.73. The molecule has 0 heterocycles. The van der Waals surface area contributed by atoms with E-state index in [4.69, 9.17) is 34.8 Å². The molecule has 0 spiro atoms. The highest BCUT2D eigenvalue weighted by Crippen LogP contribution is 2.33. The minimum Gasteiger partial charge on any atom is -0.465 e. The van der Waals surface area contributed by atoms with Crippen LogP contribution in [0.5, 0.6) is 0 Å². The lowest BCUT2D eigenvalue weighted by Crippen LogP contribution is -2.38. The number of esters is 1. The minimum absolute atomic E-state index is 0.0265. The molecule has 0 fully saturated rings. The quantitative estimate of drug-likeness (QED) is 0.395. The molecular formula is C23H19Cl3N2O5S. The maximum atomic E-state index is 13.5. The Morgan fingerprint density at radius 3 is 2.24 bits per heavy atom. The van der Waals surface area contributed by atoms with Crippen molar-refractivity contribution in [2.24, 2.45) is 0 Å². The molecule has 0 saturated heterocycles. The van der Waals surface area contributed by atoms with Gasteiger partial charge in [0, 0.05) is 10.7 Å². The summed E-state index contributed by atoms with van der Waals surface area (Å²) in [7, 11) is -2.99. The van der Waals surface area contributed by atoms with E-state index >= 15 is 0 Å². The summed E-state index contributed by atoms with van der Waals surface area (Å²) in [6.45, 7) is 1.20. The van der Waals surface area contributed by atoms with Crippen LogP contribution in [-0.4, -0.2) is 33.9 Å². The first-order valence-electron chi connectivity index (χ1n) is 9.75. The number of amides is 1. The zero-order valence-electron chi connectivity index (χ0n) is 18.0. The van der Waals surface area contributed by atoms with Gasteiger partial charge in [0.05, 0.1) is 33.3 Å². The number of carbonyl (C=O) groups is 2. The number of ether oxygens (including phenoxy) is 1. The molecule has 0 aromatic heterocycles. The Kier molecular flexibility index (Phi) is 8.09. The van der Waals surface area contributed by atoms with Gasteiger partial charge in [0.2, 0.25) is 5.91 Å². The van der Waals surface area contributed by atoms with Crippen LogP contribution in [0.4, 0.5) is 11.4 Å². The van der Waals surface area contributed by atoms with Crippen LogP contribution in [0.25, 0.3) is 0 Å². The van der Waals surface area contributed by atoms with Gasteiger partial charge in [0.25, 0.3) is 10.0 Å². The summed E-state index contributed by atoms with van der Waals surface area (Å²) in [5, 5.41) is 3.04. The number of anilines is 2. The van der Waals surface area contributed by atoms with Gasteiger partial charge in [-0.1, -0.05) is 52.5 Å². The van der Waals surface area contributed by atoms with Gasteiger partial charge in [0.15, 0.2) is 0 Å². The van der Waals surface area contributed by atoms with Crippen molar-refractivity contribution in [1.82, 2.24) is 0 Å². The zero-order valence-corrected chi connectivity index (χ0v) is 21.1. The SMILES string of the molecule is COC(=O)c1cc(NC(=O)CN(c2cc(Cl)ccc2Cl)S(=O)(=O)c2ccc(C)cc2)ccc1Cl. The zero-order chi connectivity index (χ0) is 25.0. The van der Waals surface area contributed by atoms with Crippen LogP contribution in [0.3, 0.4) is 0 Å². The lowest BCUT2D eigenvalue weighted by atomic mass is 10.2. The first-order chi connectivity index (χ1) is 16.0. The number of carbonyl (C=O) groups excluding carboxylic acids is 2. The normalized spacial score (nSPS) is 11.1. The van der Waals surface area contributed by atoms with Gasteiger partial charge >= 0.3 is 5.97 Å². The average Bonchev–Trinajstić information content (AvgIpc) is 2.80. The van der Waals surface area contributed by atoms with Crippen molar-refractivity contribution >= 4 is 68.1 Å². The molecule has 3 aromatic carbocycles. The Balaban J connectivity index is 1.98. The van der Waals surface area contributed by atoms with E-state index in [0.717, 1.165) is 9.87 Å². The molecule has 3 aromatic rings. The van der Waals surface area contributed by atoms with E-state index in [1.165, 1.54) is 55.6 Å². The highest BCUT2D eigenvalue weighted by atomic mass is 35.5. The highest BCUT2D eigenvalue weighted by Gasteiger charge is 2.29. The Morgan fingerprint density at radius 2 is 1.59 bits per heavy atom. The molecule has 1 N–H and O–H groups in total. The summed E-state index contributed by atoms with van der Waals surface area (Å²) >= 11 is 18.4.